The molecule has 3 N–H and O–H groups in total. The first-order valence-electron chi connectivity index (χ1n) is 2.76. The van der Waals surface area contributed by atoms with Gasteiger partial charge in [-0.1, -0.05) is 0 Å². The van der Waals surface area contributed by atoms with Crippen LogP contribution in [-0.2, 0) is 0 Å². The summed E-state index contributed by atoms with van der Waals surface area (Å²) in [5.74, 6) is 5.29. The predicted octanol–water partition coefficient (Wildman–Crippen LogP) is -1.16. The lowest BCUT2D eigenvalue weighted by molar-refractivity contribution is -0.429. The Balaban J connectivity index is 2.60. The molecule has 6 nitrogen and oxygen atoms in total. The van der Waals surface area contributed by atoms with Gasteiger partial charge in [0.25, 0.3) is 5.70 Å². The number of hydrazine groups is 1. The van der Waals surface area contributed by atoms with Crippen molar-refractivity contribution in [1.29, 1.82) is 0 Å². The van der Waals surface area contributed by atoms with E-state index in [1.807, 2.05) is 0 Å². The zero-order valence-electron chi connectivity index (χ0n) is 5.28. The molecule has 1 rings (SSSR count). The molecule has 1 aliphatic rings. The van der Waals surface area contributed by atoms with E-state index in [9.17, 15) is 10.1 Å². The van der Waals surface area contributed by atoms with Crippen LogP contribution in [-0.4, -0.2) is 23.1 Å². The van der Waals surface area contributed by atoms with Crippen molar-refractivity contribution in [1.82, 2.24) is 10.3 Å². The predicted molar refractivity (Wildman–Crippen MR) is 34.0 cm³/mol. The van der Waals surface area contributed by atoms with Crippen LogP contribution in [0, 0.1) is 10.1 Å². The van der Waals surface area contributed by atoms with Gasteiger partial charge in [0.05, 0.1) is 17.8 Å². The first-order valence-corrected chi connectivity index (χ1v) is 2.76. The van der Waals surface area contributed by atoms with Gasteiger partial charge in [0.15, 0.2) is 0 Å². The number of hydrogen-bond donors (Lipinski definition) is 2. The van der Waals surface area contributed by atoms with E-state index >= 15 is 0 Å². The summed E-state index contributed by atoms with van der Waals surface area (Å²) in [7, 11) is 0. The summed E-state index contributed by atoms with van der Waals surface area (Å²) >= 11 is 0. The Labute approximate surface area is 57.4 Å². The Hall–Kier alpha value is -1.14. The van der Waals surface area contributed by atoms with Gasteiger partial charge in [-0.3, -0.25) is 16.0 Å². The lowest BCUT2D eigenvalue weighted by Gasteiger charge is -2.18. The van der Waals surface area contributed by atoms with Crippen LogP contribution in [0.15, 0.2) is 11.9 Å². The van der Waals surface area contributed by atoms with Crippen LogP contribution >= 0.6 is 0 Å². The van der Waals surface area contributed by atoms with Crippen molar-refractivity contribution in [3.63, 3.8) is 0 Å². The second-order valence-electron chi connectivity index (χ2n) is 2.00. The molecule has 0 atom stereocenters. The van der Waals surface area contributed by atoms with Crippen molar-refractivity contribution in [2.75, 3.05) is 13.2 Å². The fourth-order valence-corrected chi connectivity index (χ4v) is 0.701. The molecule has 0 amide bonds. The van der Waals surface area contributed by atoms with Crippen LogP contribution in [0.5, 0.6) is 0 Å². The van der Waals surface area contributed by atoms with Gasteiger partial charge < -0.3 is 5.32 Å². The highest BCUT2D eigenvalue weighted by molar-refractivity contribution is 4.95. The van der Waals surface area contributed by atoms with Crippen molar-refractivity contribution in [2.45, 2.75) is 0 Å². The summed E-state index contributed by atoms with van der Waals surface area (Å²) in [6.07, 6.45) is 1.36. The average molecular weight is 144 g/mol. The number of rotatable bonds is 1. The molecule has 0 spiro atoms. The standard InChI is InChI=1S/C4H8N4O2/c5-7-2-4(8(9)10)1-6-3-7/h1,6H,2-3,5H2. The number of nitro groups is 1. The largest absolute Gasteiger partial charge is 0.372 e. The molecule has 0 saturated carbocycles. The topological polar surface area (TPSA) is 84.4 Å². The van der Waals surface area contributed by atoms with Crippen molar-refractivity contribution in [2.24, 2.45) is 5.84 Å². The molecule has 56 valence electrons. The highest BCUT2D eigenvalue weighted by atomic mass is 16.6. The Bertz CT molecular complexity index is 178. The number of nitrogens with two attached hydrogens (primary N) is 1. The summed E-state index contributed by atoms with van der Waals surface area (Å²) < 4.78 is 0. The highest BCUT2D eigenvalue weighted by Gasteiger charge is 2.17. The van der Waals surface area contributed by atoms with E-state index in [0.29, 0.717) is 6.67 Å². The minimum Gasteiger partial charge on any atom is -0.372 e. The maximum Gasteiger partial charge on any atom is 0.277 e. The van der Waals surface area contributed by atoms with Crippen molar-refractivity contribution in [3.05, 3.63) is 22.0 Å². The molecule has 0 aliphatic carbocycles. The molecule has 0 saturated heterocycles. The summed E-state index contributed by atoms with van der Waals surface area (Å²) in [5.41, 5.74) is 0.0914. The maximum atomic E-state index is 10.1. The number of nitrogens with zero attached hydrogens (tertiary/aromatic N) is 2. The molecular weight excluding hydrogens is 136 g/mol. The fraction of sp³-hybridized carbons (Fsp3) is 0.500. The number of nitrogens with one attached hydrogen (secondary N) is 1. The summed E-state index contributed by atoms with van der Waals surface area (Å²) in [4.78, 5) is 9.66. The molecule has 0 bridgehead atoms. The minimum atomic E-state index is -0.452. The van der Waals surface area contributed by atoms with Crippen molar-refractivity contribution >= 4 is 0 Å². The van der Waals surface area contributed by atoms with Gasteiger partial charge in [0.1, 0.15) is 6.54 Å². The van der Waals surface area contributed by atoms with Crippen LogP contribution in [0.2, 0.25) is 0 Å². The van der Waals surface area contributed by atoms with E-state index in [1.165, 1.54) is 11.2 Å². The monoisotopic (exact) mass is 144 g/mol. The molecule has 6 heteroatoms. The Morgan fingerprint density at radius 3 is 3.00 bits per heavy atom. The lowest BCUT2D eigenvalue weighted by Crippen LogP contribution is -2.43. The van der Waals surface area contributed by atoms with E-state index in [0.717, 1.165) is 0 Å². The third kappa shape index (κ3) is 1.42. The van der Waals surface area contributed by atoms with Gasteiger partial charge >= 0.3 is 0 Å². The van der Waals surface area contributed by atoms with Gasteiger partial charge in [-0.05, 0) is 0 Å². The molecule has 0 fully saturated rings. The van der Waals surface area contributed by atoms with Gasteiger partial charge in [0.2, 0.25) is 0 Å². The number of hydrogen-bond acceptors (Lipinski definition) is 5. The second-order valence-corrected chi connectivity index (χ2v) is 2.00. The molecule has 0 aromatic rings. The Morgan fingerprint density at radius 1 is 1.90 bits per heavy atom. The highest BCUT2D eigenvalue weighted by Crippen LogP contribution is 1.98. The van der Waals surface area contributed by atoms with E-state index in [4.69, 9.17) is 5.84 Å². The summed E-state index contributed by atoms with van der Waals surface area (Å²) in [6.45, 7) is 0.650. The first-order chi connectivity index (χ1) is 4.70. The third-order valence-corrected chi connectivity index (χ3v) is 1.16. The molecular formula is C4H8N4O2. The SMILES string of the molecule is NN1CNC=C([N+](=O)[O-])C1. The van der Waals surface area contributed by atoms with Gasteiger partial charge in [0, 0.05) is 0 Å². The second kappa shape index (κ2) is 2.63. The van der Waals surface area contributed by atoms with Crippen molar-refractivity contribution in [3.8, 4) is 0 Å². The van der Waals surface area contributed by atoms with Crippen LogP contribution in [0.25, 0.3) is 0 Å². The fourth-order valence-electron chi connectivity index (χ4n) is 0.701. The Kier molecular flexibility index (Phi) is 1.83. The van der Waals surface area contributed by atoms with Gasteiger partial charge in [-0.25, -0.2) is 5.01 Å². The zero-order valence-corrected chi connectivity index (χ0v) is 5.28. The Morgan fingerprint density at radius 2 is 2.60 bits per heavy atom. The first kappa shape index (κ1) is 6.97. The zero-order chi connectivity index (χ0) is 7.56. The molecule has 0 radical (unpaired) electrons. The quantitative estimate of drug-likeness (QED) is 0.275. The molecule has 0 unspecified atom stereocenters. The molecule has 0 aromatic heterocycles. The molecule has 1 aliphatic heterocycles. The van der Waals surface area contributed by atoms with Crippen LogP contribution in [0.3, 0.4) is 0 Å². The molecule has 1 heterocycles. The van der Waals surface area contributed by atoms with Crippen molar-refractivity contribution < 1.29 is 4.92 Å². The normalized spacial score (nSPS) is 19.5. The minimum absolute atomic E-state index is 0.0914. The molecule has 10 heavy (non-hydrogen) atoms. The molecule has 0 aromatic carbocycles. The van der Waals surface area contributed by atoms with E-state index in [2.05, 4.69) is 5.32 Å². The van der Waals surface area contributed by atoms with Gasteiger partial charge in [-0.2, -0.15) is 0 Å². The average Bonchev–Trinajstić information content (AvgIpc) is 1.88. The van der Waals surface area contributed by atoms with Gasteiger partial charge in [-0.15, -0.1) is 0 Å². The maximum absolute atomic E-state index is 10.1. The van der Waals surface area contributed by atoms with E-state index < -0.39 is 4.92 Å². The van der Waals surface area contributed by atoms with Crippen LogP contribution in [0.1, 0.15) is 0 Å². The third-order valence-electron chi connectivity index (χ3n) is 1.16. The van der Waals surface area contributed by atoms with E-state index in [-0.39, 0.29) is 12.2 Å². The van der Waals surface area contributed by atoms with Crippen LogP contribution < -0.4 is 11.2 Å². The summed E-state index contributed by atoms with van der Waals surface area (Å²) in [5, 5.41) is 14.1. The van der Waals surface area contributed by atoms with Crippen LogP contribution in [0.4, 0.5) is 0 Å². The smallest absolute Gasteiger partial charge is 0.277 e. The van der Waals surface area contributed by atoms with E-state index in [1.54, 1.807) is 0 Å². The summed E-state index contributed by atoms with van der Waals surface area (Å²) in [6, 6.07) is 0. The lowest BCUT2D eigenvalue weighted by atomic mass is 10.4.